The molecule has 3 nitrogen and oxygen atoms in total. The van der Waals surface area contributed by atoms with Crippen molar-refractivity contribution >= 4 is 11.5 Å². The van der Waals surface area contributed by atoms with Crippen LogP contribution in [0, 0.1) is 12.3 Å². The molecule has 1 aromatic rings. The lowest BCUT2D eigenvalue weighted by molar-refractivity contribution is 0.101. The van der Waals surface area contributed by atoms with Gasteiger partial charge in [-0.05, 0) is 30.2 Å². The summed E-state index contributed by atoms with van der Waals surface area (Å²) in [6, 6.07) is 1.84. The van der Waals surface area contributed by atoms with Crippen LogP contribution in [0.2, 0.25) is 0 Å². The maximum atomic E-state index is 11.4. The van der Waals surface area contributed by atoms with Crippen LogP contribution in [0.15, 0.2) is 25.0 Å². The zero-order valence-corrected chi connectivity index (χ0v) is 11.9. The molecule has 1 aromatic heterocycles. The highest BCUT2D eigenvalue weighted by atomic mass is 16.1. The third kappa shape index (κ3) is 3.69. The van der Waals surface area contributed by atoms with Crippen LogP contribution < -0.4 is 4.90 Å². The number of aryl methyl sites for hydroxylation is 1. The summed E-state index contributed by atoms with van der Waals surface area (Å²) in [5.41, 5.74) is 2.70. The van der Waals surface area contributed by atoms with Crippen molar-refractivity contribution in [1.29, 1.82) is 0 Å². The van der Waals surface area contributed by atoms with Crippen molar-refractivity contribution in [2.75, 3.05) is 11.4 Å². The molecule has 0 N–H and O–H groups in total. The number of anilines is 1. The molecule has 1 heterocycles. The zero-order valence-electron chi connectivity index (χ0n) is 11.9. The number of carbonyl (C=O) groups is 1. The summed E-state index contributed by atoms with van der Waals surface area (Å²) in [6.07, 6.45) is 3.54. The first-order valence-corrected chi connectivity index (χ1v) is 6.11. The lowest BCUT2D eigenvalue weighted by Gasteiger charge is -2.29. The number of hydrogen-bond donors (Lipinski definition) is 0. The minimum absolute atomic E-state index is 0.0176. The number of ketones is 1. The predicted molar refractivity (Wildman–Crippen MR) is 76.0 cm³/mol. The third-order valence-electron chi connectivity index (χ3n) is 2.61. The fourth-order valence-corrected chi connectivity index (χ4v) is 1.77. The van der Waals surface area contributed by atoms with Gasteiger partial charge in [-0.3, -0.25) is 9.78 Å². The number of rotatable bonds is 4. The van der Waals surface area contributed by atoms with Gasteiger partial charge in [0.1, 0.15) is 5.69 Å². The summed E-state index contributed by atoms with van der Waals surface area (Å²) in [7, 11) is 0. The van der Waals surface area contributed by atoms with Crippen molar-refractivity contribution < 1.29 is 4.79 Å². The van der Waals surface area contributed by atoms with E-state index in [-0.39, 0.29) is 11.2 Å². The average Bonchev–Trinajstić information content (AvgIpc) is 2.25. The summed E-state index contributed by atoms with van der Waals surface area (Å²) in [6.45, 7) is 14.7. The smallest absolute Gasteiger partial charge is 0.178 e. The van der Waals surface area contributed by atoms with E-state index in [1.54, 1.807) is 12.4 Å². The van der Waals surface area contributed by atoms with E-state index in [1.807, 2.05) is 13.0 Å². The molecule has 0 aliphatic heterocycles. The van der Waals surface area contributed by atoms with E-state index < -0.39 is 0 Å². The molecule has 1 rings (SSSR count). The second kappa shape index (κ2) is 5.34. The molecule has 0 radical (unpaired) electrons. The molecule has 0 amide bonds. The van der Waals surface area contributed by atoms with Gasteiger partial charge in [0.05, 0.1) is 0 Å². The van der Waals surface area contributed by atoms with E-state index in [4.69, 9.17) is 0 Å². The third-order valence-corrected chi connectivity index (χ3v) is 2.61. The Morgan fingerprint density at radius 1 is 1.50 bits per heavy atom. The Morgan fingerprint density at radius 3 is 2.56 bits per heavy atom. The van der Waals surface area contributed by atoms with Crippen molar-refractivity contribution in [3.8, 4) is 0 Å². The molecule has 0 atom stereocenters. The number of Topliss-reactive ketones (excluding diaryl/α,β-unsaturated/α-hetero) is 1. The topological polar surface area (TPSA) is 33.2 Å². The van der Waals surface area contributed by atoms with Crippen molar-refractivity contribution in [3.05, 3.63) is 36.3 Å². The van der Waals surface area contributed by atoms with E-state index in [0.29, 0.717) is 5.69 Å². The Kier molecular flexibility index (Phi) is 4.28. The van der Waals surface area contributed by atoms with Crippen LogP contribution in [-0.4, -0.2) is 17.3 Å². The van der Waals surface area contributed by atoms with E-state index in [2.05, 4.69) is 37.2 Å². The van der Waals surface area contributed by atoms with Gasteiger partial charge in [0.25, 0.3) is 0 Å². The first kappa shape index (κ1) is 14.4. The summed E-state index contributed by atoms with van der Waals surface area (Å²) in [5.74, 6) is -0.0176. The normalized spacial score (nSPS) is 11.2. The van der Waals surface area contributed by atoms with Gasteiger partial charge in [-0.2, -0.15) is 0 Å². The Balaban J connectivity index is 3.16. The molecule has 98 valence electrons. The molecular formula is C15H22N2O. The standard InChI is InChI=1S/C15H22N2O/c1-7-17(10-15(4,5)6)14-8-13(12(3)18)16-9-11(14)2/h7-9H,1,10H2,2-6H3. The maximum absolute atomic E-state index is 11.4. The largest absolute Gasteiger partial charge is 0.348 e. The van der Waals surface area contributed by atoms with Gasteiger partial charge in [-0.15, -0.1) is 0 Å². The van der Waals surface area contributed by atoms with E-state index in [0.717, 1.165) is 17.8 Å². The molecule has 0 aliphatic rings. The van der Waals surface area contributed by atoms with Gasteiger partial charge >= 0.3 is 0 Å². The lowest BCUT2D eigenvalue weighted by Crippen LogP contribution is -2.28. The van der Waals surface area contributed by atoms with Gasteiger partial charge in [0.2, 0.25) is 0 Å². The highest BCUT2D eigenvalue weighted by Crippen LogP contribution is 2.25. The number of carbonyl (C=O) groups excluding carboxylic acids is 1. The molecule has 0 bridgehead atoms. The molecular weight excluding hydrogens is 224 g/mol. The summed E-state index contributed by atoms with van der Waals surface area (Å²) in [4.78, 5) is 17.6. The minimum Gasteiger partial charge on any atom is -0.348 e. The minimum atomic E-state index is -0.0176. The molecule has 0 unspecified atom stereocenters. The van der Waals surface area contributed by atoms with Crippen LogP contribution in [0.1, 0.15) is 43.7 Å². The Labute approximate surface area is 110 Å². The monoisotopic (exact) mass is 246 g/mol. The number of aromatic nitrogens is 1. The molecule has 0 saturated heterocycles. The van der Waals surface area contributed by atoms with Crippen molar-refractivity contribution in [1.82, 2.24) is 4.98 Å². The number of hydrogen-bond acceptors (Lipinski definition) is 3. The second-order valence-electron chi connectivity index (χ2n) is 5.78. The number of nitrogens with zero attached hydrogens (tertiary/aromatic N) is 2. The van der Waals surface area contributed by atoms with Crippen LogP contribution in [-0.2, 0) is 0 Å². The maximum Gasteiger partial charge on any atom is 0.178 e. The SMILES string of the molecule is C=CN(CC(C)(C)C)c1cc(C(C)=O)ncc1C. The van der Waals surface area contributed by atoms with Crippen molar-refractivity contribution in [3.63, 3.8) is 0 Å². The van der Waals surface area contributed by atoms with E-state index in [9.17, 15) is 4.79 Å². The summed E-state index contributed by atoms with van der Waals surface area (Å²) >= 11 is 0. The fourth-order valence-electron chi connectivity index (χ4n) is 1.77. The summed E-state index contributed by atoms with van der Waals surface area (Å²) < 4.78 is 0. The second-order valence-corrected chi connectivity index (χ2v) is 5.78. The first-order chi connectivity index (χ1) is 8.24. The lowest BCUT2D eigenvalue weighted by atomic mass is 9.95. The quantitative estimate of drug-likeness (QED) is 0.761. The van der Waals surface area contributed by atoms with Crippen LogP contribution in [0.4, 0.5) is 5.69 Å². The Morgan fingerprint density at radius 2 is 2.11 bits per heavy atom. The molecule has 0 spiro atoms. The summed E-state index contributed by atoms with van der Waals surface area (Å²) in [5, 5.41) is 0. The molecule has 0 aliphatic carbocycles. The Bertz CT molecular complexity index is 458. The van der Waals surface area contributed by atoms with Crippen LogP contribution in [0.25, 0.3) is 0 Å². The van der Waals surface area contributed by atoms with Crippen molar-refractivity contribution in [2.24, 2.45) is 5.41 Å². The van der Waals surface area contributed by atoms with Gasteiger partial charge in [0.15, 0.2) is 5.78 Å². The molecule has 0 saturated carbocycles. The average molecular weight is 246 g/mol. The molecule has 18 heavy (non-hydrogen) atoms. The van der Waals surface area contributed by atoms with E-state index >= 15 is 0 Å². The highest BCUT2D eigenvalue weighted by molar-refractivity contribution is 5.93. The fraction of sp³-hybridized carbons (Fsp3) is 0.467. The zero-order chi connectivity index (χ0) is 13.9. The molecule has 0 fully saturated rings. The van der Waals surface area contributed by atoms with Gasteiger partial charge in [-0.25, -0.2) is 0 Å². The van der Waals surface area contributed by atoms with Gasteiger partial charge in [0, 0.05) is 25.4 Å². The van der Waals surface area contributed by atoms with Crippen LogP contribution in [0.3, 0.4) is 0 Å². The predicted octanol–water partition coefficient (Wildman–Crippen LogP) is 3.59. The van der Waals surface area contributed by atoms with Crippen LogP contribution >= 0.6 is 0 Å². The van der Waals surface area contributed by atoms with Gasteiger partial charge in [-0.1, -0.05) is 27.4 Å². The first-order valence-electron chi connectivity index (χ1n) is 6.11. The number of pyridine rings is 1. The Hall–Kier alpha value is -1.64. The molecule has 0 aromatic carbocycles. The van der Waals surface area contributed by atoms with Crippen LogP contribution in [0.5, 0.6) is 0 Å². The molecule has 3 heteroatoms. The van der Waals surface area contributed by atoms with Crippen molar-refractivity contribution in [2.45, 2.75) is 34.6 Å². The van der Waals surface area contributed by atoms with Gasteiger partial charge < -0.3 is 4.90 Å². The van der Waals surface area contributed by atoms with E-state index in [1.165, 1.54) is 6.92 Å². The highest BCUT2D eigenvalue weighted by Gasteiger charge is 2.17.